The number of hydrogen-bond acceptors (Lipinski definition) is 3. The van der Waals surface area contributed by atoms with Gasteiger partial charge in [-0.05, 0) is 26.2 Å². The smallest absolute Gasteiger partial charge is 0.0850 e. The summed E-state index contributed by atoms with van der Waals surface area (Å²) in [6, 6.07) is 0.0974. The molecule has 0 amide bonds. The van der Waals surface area contributed by atoms with Crippen molar-refractivity contribution in [2.75, 3.05) is 7.11 Å². The lowest BCUT2D eigenvalue weighted by Gasteiger charge is -2.15. The van der Waals surface area contributed by atoms with Crippen LogP contribution in [0, 0.1) is 0 Å². The van der Waals surface area contributed by atoms with Crippen LogP contribution < -0.4 is 5.73 Å². The molecule has 1 aromatic rings. The van der Waals surface area contributed by atoms with Gasteiger partial charge in [0.25, 0.3) is 0 Å². The maximum atomic E-state index is 6.30. The molecule has 0 spiro atoms. The van der Waals surface area contributed by atoms with E-state index < -0.39 is 0 Å². The van der Waals surface area contributed by atoms with Gasteiger partial charge in [0.2, 0.25) is 0 Å². The lowest BCUT2D eigenvalue weighted by Crippen LogP contribution is -2.25. The fourth-order valence-electron chi connectivity index (χ4n) is 1.96. The largest absolute Gasteiger partial charge is 0.382 e. The summed E-state index contributed by atoms with van der Waals surface area (Å²) < 4.78 is 7.07. The number of aromatic nitrogens is 2. The van der Waals surface area contributed by atoms with Crippen molar-refractivity contribution >= 4 is 11.6 Å². The number of hydrogen-bond donors (Lipinski definition) is 1. The molecular weight excluding hydrogens is 250 g/mol. The van der Waals surface area contributed by atoms with Gasteiger partial charge in [-0.3, -0.25) is 4.68 Å². The van der Waals surface area contributed by atoms with Crippen LogP contribution in [-0.2, 0) is 24.6 Å². The Kier molecular flexibility index (Phi) is 6.12. The summed E-state index contributed by atoms with van der Waals surface area (Å²) >= 11 is 6.30. The molecule has 1 aromatic heterocycles. The second-order valence-corrected chi connectivity index (χ2v) is 5.15. The summed E-state index contributed by atoms with van der Waals surface area (Å²) in [4.78, 5) is 0. The Morgan fingerprint density at radius 2 is 2.11 bits per heavy atom. The van der Waals surface area contributed by atoms with E-state index in [-0.39, 0.29) is 12.1 Å². The standard InChI is InChI=1S/C13H24ClN3O/c1-5-11-13(14)12(17(3)16-11)8-10(15)7-6-9(2)18-4/h9-10H,5-8,15H2,1-4H3. The van der Waals surface area contributed by atoms with E-state index in [1.807, 2.05) is 11.7 Å². The predicted octanol–water partition coefficient (Wildman–Crippen LogP) is 2.32. The summed E-state index contributed by atoms with van der Waals surface area (Å²) in [5.41, 5.74) is 8.13. The molecule has 2 N–H and O–H groups in total. The van der Waals surface area contributed by atoms with Gasteiger partial charge in [-0.15, -0.1) is 0 Å². The molecule has 104 valence electrons. The van der Waals surface area contributed by atoms with Crippen molar-refractivity contribution in [2.45, 2.75) is 51.7 Å². The Morgan fingerprint density at radius 3 is 2.61 bits per heavy atom. The Balaban J connectivity index is 2.59. The van der Waals surface area contributed by atoms with Crippen LogP contribution in [0.15, 0.2) is 0 Å². The first-order valence-electron chi connectivity index (χ1n) is 6.48. The molecule has 0 aliphatic carbocycles. The Bertz CT molecular complexity index is 379. The second kappa shape index (κ2) is 7.12. The van der Waals surface area contributed by atoms with E-state index in [4.69, 9.17) is 22.1 Å². The van der Waals surface area contributed by atoms with Crippen LogP contribution in [0.5, 0.6) is 0 Å². The third kappa shape index (κ3) is 3.97. The zero-order valence-electron chi connectivity index (χ0n) is 11.7. The lowest BCUT2D eigenvalue weighted by molar-refractivity contribution is 0.107. The molecule has 0 bridgehead atoms. The maximum Gasteiger partial charge on any atom is 0.0850 e. The molecular formula is C13H24ClN3O. The van der Waals surface area contributed by atoms with E-state index in [0.29, 0.717) is 0 Å². The number of nitrogens with zero attached hydrogens (tertiary/aromatic N) is 2. The van der Waals surface area contributed by atoms with E-state index in [2.05, 4.69) is 18.9 Å². The average molecular weight is 274 g/mol. The summed E-state index contributed by atoms with van der Waals surface area (Å²) in [6.45, 7) is 4.11. The van der Waals surface area contributed by atoms with Gasteiger partial charge in [-0.1, -0.05) is 18.5 Å². The van der Waals surface area contributed by atoms with Crippen LogP contribution >= 0.6 is 11.6 Å². The Morgan fingerprint density at radius 1 is 1.44 bits per heavy atom. The van der Waals surface area contributed by atoms with Crippen LogP contribution in [0.25, 0.3) is 0 Å². The van der Waals surface area contributed by atoms with Gasteiger partial charge in [-0.25, -0.2) is 0 Å². The molecule has 2 atom stereocenters. The molecule has 5 heteroatoms. The number of methoxy groups -OCH3 is 1. The predicted molar refractivity (Wildman–Crippen MR) is 75.0 cm³/mol. The van der Waals surface area contributed by atoms with Crippen molar-refractivity contribution in [1.29, 1.82) is 0 Å². The third-order valence-electron chi connectivity index (χ3n) is 3.30. The monoisotopic (exact) mass is 273 g/mol. The first-order chi connectivity index (χ1) is 8.49. The molecule has 1 heterocycles. The van der Waals surface area contributed by atoms with Crippen LogP contribution in [0.1, 0.15) is 38.1 Å². The highest BCUT2D eigenvalue weighted by Crippen LogP contribution is 2.22. The Labute approximate surface area is 114 Å². The van der Waals surface area contributed by atoms with Crippen molar-refractivity contribution in [1.82, 2.24) is 9.78 Å². The van der Waals surface area contributed by atoms with E-state index in [0.717, 1.165) is 42.1 Å². The molecule has 0 fully saturated rings. The van der Waals surface area contributed by atoms with E-state index in [1.54, 1.807) is 7.11 Å². The highest BCUT2D eigenvalue weighted by Gasteiger charge is 2.16. The maximum absolute atomic E-state index is 6.30. The number of halogens is 1. The highest BCUT2D eigenvalue weighted by molar-refractivity contribution is 6.31. The SMILES string of the molecule is CCc1nn(C)c(CC(N)CCC(C)OC)c1Cl. The van der Waals surface area contributed by atoms with Crippen molar-refractivity contribution in [3.05, 3.63) is 16.4 Å². The molecule has 0 radical (unpaired) electrons. The van der Waals surface area contributed by atoms with Crippen LogP contribution in [0.3, 0.4) is 0 Å². The van der Waals surface area contributed by atoms with Gasteiger partial charge >= 0.3 is 0 Å². The summed E-state index contributed by atoms with van der Waals surface area (Å²) in [5.74, 6) is 0. The average Bonchev–Trinajstić information content (AvgIpc) is 2.63. The first kappa shape index (κ1) is 15.5. The van der Waals surface area contributed by atoms with Gasteiger partial charge in [-0.2, -0.15) is 5.10 Å². The highest BCUT2D eigenvalue weighted by atomic mass is 35.5. The molecule has 1 rings (SSSR count). The number of aryl methyl sites for hydroxylation is 2. The van der Waals surface area contributed by atoms with Crippen LogP contribution in [-0.4, -0.2) is 29.0 Å². The fourth-order valence-corrected chi connectivity index (χ4v) is 2.33. The molecule has 4 nitrogen and oxygen atoms in total. The van der Waals surface area contributed by atoms with E-state index in [1.165, 1.54) is 0 Å². The quantitative estimate of drug-likeness (QED) is 0.830. The topological polar surface area (TPSA) is 53.1 Å². The minimum atomic E-state index is 0.0974. The zero-order chi connectivity index (χ0) is 13.7. The van der Waals surface area contributed by atoms with Crippen molar-refractivity contribution in [3.63, 3.8) is 0 Å². The number of ether oxygens (including phenoxy) is 1. The van der Waals surface area contributed by atoms with Crippen LogP contribution in [0.2, 0.25) is 5.02 Å². The van der Waals surface area contributed by atoms with Gasteiger partial charge in [0.1, 0.15) is 0 Å². The molecule has 18 heavy (non-hydrogen) atoms. The molecule has 0 aliphatic heterocycles. The van der Waals surface area contributed by atoms with Crippen molar-refractivity contribution < 1.29 is 4.74 Å². The van der Waals surface area contributed by atoms with Crippen molar-refractivity contribution in [3.8, 4) is 0 Å². The normalized spacial score (nSPS) is 14.8. The second-order valence-electron chi connectivity index (χ2n) is 4.77. The molecule has 0 aliphatic rings. The summed E-state index contributed by atoms with van der Waals surface area (Å²) in [6.07, 6.45) is 3.76. The van der Waals surface area contributed by atoms with Crippen molar-refractivity contribution in [2.24, 2.45) is 12.8 Å². The fraction of sp³-hybridized carbons (Fsp3) is 0.769. The van der Waals surface area contributed by atoms with E-state index >= 15 is 0 Å². The zero-order valence-corrected chi connectivity index (χ0v) is 12.5. The molecule has 0 aromatic carbocycles. The minimum Gasteiger partial charge on any atom is -0.382 e. The van der Waals surface area contributed by atoms with Gasteiger partial charge in [0, 0.05) is 26.6 Å². The minimum absolute atomic E-state index is 0.0974. The van der Waals surface area contributed by atoms with Crippen LogP contribution in [0.4, 0.5) is 0 Å². The summed E-state index contributed by atoms with van der Waals surface area (Å²) in [7, 11) is 3.65. The van der Waals surface area contributed by atoms with E-state index in [9.17, 15) is 0 Å². The Hall–Kier alpha value is -0.580. The molecule has 0 saturated carbocycles. The third-order valence-corrected chi connectivity index (χ3v) is 3.74. The van der Waals surface area contributed by atoms with Gasteiger partial charge < -0.3 is 10.5 Å². The van der Waals surface area contributed by atoms with Gasteiger partial charge in [0.05, 0.1) is 22.5 Å². The molecule has 0 saturated heterocycles. The number of rotatable bonds is 7. The number of nitrogens with two attached hydrogens (primary N) is 1. The van der Waals surface area contributed by atoms with Gasteiger partial charge in [0.15, 0.2) is 0 Å². The summed E-state index contributed by atoms with van der Waals surface area (Å²) in [5, 5.41) is 5.17. The first-order valence-corrected chi connectivity index (χ1v) is 6.85. The molecule has 2 unspecified atom stereocenters. The lowest BCUT2D eigenvalue weighted by atomic mass is 10.0.